The molecule has 0 radical (unpaired) electrons. The zero-order valence-corrected chi connectivity index (χ0v) is 15.2. The van der Waals surface area contributed by atoms with E-state index in [9.17, 15) is 4.79 Å². The van der Waals surface area contributed by atoms with E-state index >= 15 is 0 Å². The summed E-state index contributed by atoms with van der Waals surface area (Å²) in [5, 5.41) is 3.56. The van der Waals surface area contributed by atoms with Crippen LogP contribution in [0.25, 0.3) is 0 Å². The number of nitrogens with one attached hydrogen (secondary N) is 1. The molecule has 0 fully saturated rings. The second-order valence-electron chi connectivity index (χ2n) is 6.77. The number of amides is 1. The molecule has 0 aliphatic carbocycles. The van der Waals surface area contributed by atoms with E-state index in [-0.39, 0.29) is 11.4 Å². The summed E-state index contributed by atoms with van der Waals surface area (Å²) in [6, 6.07) is 8.18. The lowest BCUT2D eigenvalue weighted by atomic mass is 9.87. The van der Waals surface area contributed by atoms with Crippen LogP contribution in [0.2, 0.25) is 5.02 Å². The molecule has 0 saturated heterocycles. The fraction of sp³-hybridized carbons (Fsp3) is 0.444. The second kappa shape index (κ2) is 6.75. The van der Waals surface area contributed by atoms with E-state index in [0.717, 1.165) is 11.3 Å². The van der Waals surface area contributed by atoms with E-state index < -0.39 is 0 Å². The third kappa shape index (κ3) is 3.94. The topological polar surface area (TPSA) is 37.9 Å². The number of carbonyl (C=O) groups is 1. The highest BCUT2D eigenvalue weighted by Crippen LogP contribution is 2.22. The Balaban J connectivity index is 2.08. The lowest BCUT2D eigenvalue weighted by Crippen LogP contribution is -2.47. The number of hydrogen-bond donors (Lipinski definition) is 1. The highest BCUT2D eigenvalue weighted by Gasteiger charge is 2.22. The van der Waals surface area contributed by atoms with Crippen molar-refractivity contribution >= 4 is 17.6 Å². The number of rotatable bonds is 3. The predicted octanol–water partition coefficient (Wildman–Crippen LogP) is 3.58. The molecule has 0 atom stereocenters. The standard InChI is InChI=1S/C18H24ClN3O/c1-6-16-15(19)12-21(5)22(16)17(23)20-11-13-7-9-14(10-8-13)18(2,3)4/h7-10,12H,6,11H2,1-5H3/p+1. The summed E-state index contributed by atoms with van der Waals surface area (Å²) in [6.45, 7) is 9.03. The summed E-state index contributed by atoms with van der Waals surface area (Å²) in [7, 11) is 1.81. The molecule has 1 aromatic heterocycles. The Hall–Kier alpha value is -1.81. The first-order valence-electron chi connectivity index (χ1n) is 7.87. The summed E-state index contributed by atoms with van der Waals surface area (Å²) in [5.74, 6) is 0. The van der Waals surface area contributed by atoms with Gasteiger partial charge in [-0.3, -0.25) is 0 Å². The maximum atomic E-state index is 12.4. The van der Waals surface area contributed by atoms with Crippen LogP contribution in [-0.2, 0) is 25.4 Å². The van der Waals surface area contributed by atoms with Gasteiger partial charge in [-0.15, -0.1) is 4.68 Å². The molecule has 5 heteroatoms. The summed E-state index contributed by atoms with van der Waals surface area (Å²) in [4.78, 5) is 12.4. The molecule has 0 unspecified atom stereocenters. The monoisotopic (exact) mass is 334 g/mol. The molecule has 2 rings (SSSR count). The highest BCUT2D eigenvalue weighted by molar-refractivity contribution is 6.31. The van der Waals surface area contributed by atoms with Crippen molar-refractivity contribution in [3.8, 4) is 0 Å². The van der Waals surface area contributed by atoms with Crippen LogP contribution in [0.1, 0.15) is 44.5 Å². The minimum absolute atomic E-state index is 0.132. The lowest BCUT2D eigenvalue weighted by molar-refractivity contribution is -0.742. The first-order chi connectivity index (χ1) is 10.7. The van der Waals surface area contributed by atoms with Gasteiger partial charge in [0.2, 0.25) is 6.20 Å². The first-order valence-corrected chi connectivity index (χ1v) is 8.25. The van der Waals surface area contributed by atoms with E-state index in [1.165, 1.54) is 5.56 Å². The van der Waals surface area contributed by atoms with Crippen molar-refractivity contribution < 1.29 is 9.48 Å². The Morgan fingerprint density at radius 3 is 2.39 bits per heavy atom. The Morgan fingerprint density at radius 1 is 1.26 bits per heavy atom. The average molecular weight is 335 g/mol. The molecule has 4 nitrogen and oxygen atoms in total. The van der Waals surface area contributed by atoms with Gasteiger partial charge in [-0.1, -0.05) is 68.2 Å². The van der Waals surface area contributed by atoms with E-state index in [1.54, 1.807) is 15.6 Å². The van der Waals surface area contributed by atoms with Gasteiger partial charge in [0.25, 0.3) is 0 Å². The molecule has 23 heavy (non-hydrogen) atoms. The van der Waals surface area contributed by atoms with Crippen molar-refractivity contribution in [2.24, 2.45) is 7.05 Å². The fourth-order valence-electron chi connectivity index (χ4n) is 2.55. The van der Waals surface area contributed by atoms with Crippen LogP contribution in [0.4, 0.5) is 4.79 Å². The molecular weight excluding hydrogens is 310 g/mol. The minimum atomic E-state index is -0.170. The number of benzene rings is 1. The predicted molar refractivity (Wildman–Crippen MR) is 92.8 cm³/mol. The fourth-order valence-corrected chi connectivity index (χ4v) is 2.90. The molecule has 1 N–H and O–H groups in total. The van der Waals surface area contributed by atoms with Gasteiger partial charge in [0.1, 0.15) is 10.7 Å². The van der Waals surface area contributed by atoms with E-state index in [1.807, 2.05) is 14.0 Å². The number of aromatic nitrogens is 2. The van der Waals surface area contributed by atoms with Gasteiger partial charge in [0, 0.05) is 6.54 Å². The quantitative estimate of drug-likeness (QED) is 0.856. The third-order valence-electron chi connectivity index (χ3n) is 3.94. The molecular formula is C18H25ClN3O+. The summed E-state index contributed by atoms with van der Waals surface area (Å²) < 4.78 is 3.28. The van der Waals surface area contributed by atoms with E-state index in [4.69, 9.17) is 11.6 Å². The van der Waals surface area contributed by atoms with Crippen LogP contribution in [0, 0.1) is 0 Å². The van der Waals surface area contributed by atoms with Crippen molar-refractivity contribution in [2.45, 2.75) is 46.1 Å². The summed E-state index contributed by atoms with van der Waals surface area (Å²) in [6.07, 6.45) is 2.45. The summed E-state index contributed by atoms with van der Waals surface area (Å²) >= 11 is 6.15. The van der Waals surface area contributed by atoms with E-state index in [0.29, 0.717) is 18.0 Å². The Morgan fingerprint density at radius 2 is 1.87 bits per heavy atom. The van der Waals surface area contributed by atoms with Crippen molar-refractivity contribution in [2.75, 3.05) is 0 Å². The molecule has 1 heterocycles. The van der Waals surface area contributed by atoms with Crippen molar-refractivity contribution in [1.82, 2.24) is 10.00 Å². The van der Waals surface area contributed by atoms with Gasteiger partial charge in [-0.25, -0.2) is 4.79 Å². The van der Waals surface area contributed by atoms with Crippen LogP contribution >= 0.6 is 11.6 Å². The third-order valence-corrected chi connectivity index (χ3v) is 4.25. The van der Waals surface area contributed by atoms with Crippen LogP contribution < -0.4 is 10.00 Å². The molecule has 0 aliphatic heterocycles. The molecule has 124 valence electrons. The molecule has 0 spiro atoms. The Kier molecular flexibility index (Phi) is 5.15. The maximum absolute atomic E-state index is 12.4. The van der Waals surface area contributed by atoms with Crippen LogP contribution in [0.3, 0.4) is 0 Å². The maximum Gasteiger partial charge on any atom is 0.375 e. The van der Waals surface area contributed by atoms with Crippen LogP contribution in [-0.4, -0.2) is 10.7 Å². The van der Waals surface area contributed by atoms with Gasteiger partial charge < -0.3 is 5.32 Å². The molecule has 2 aromatic rings. The van der Waals surface area contributed by atoms with Gasteiger partial charge in [-0.05, 0) is 23.0 Å². The molecule has 0 bridgehead atoms. The van der Waals surface area contributed by atoms with E-state index in [2.05, 4.69) is 50.4 Å². The van der Waals surface area contributed by atoms with Crippen molar-refractivity contribution in [3.63, 3.8) is 0 Å². The lowest BCUT2D eigenvalue weighted by Gasteiger charge is -2.19. The molecule has 0 saturated carbocycles. The largest absolute Gasteiger partial charge is 0.375 e. The van der Waals surface area contributed by atoms with Crippen molar-refractivity contribution in [3.05, 3.63) is 52.3 Å². The van der Waals surface area contributed by atoms with Gasteiger partial charge in [-0.2, -0.15) is 0 Å². The van der Waals surface area contributed by atoms with Crippen molar-refractivity contribution in [1.29, 1.82) is 0 Å². The molecule has 1 aromatic carbocycles. The van der Waals surface area contributed by atoms with Crippen LogP contribution in [0.5, 0.6) is 0 Å². The average Bonchev–Trinajstić information content (AvgIpc) is 2.78. The number of carbonyl (C=O) groups excluding carboxylic acids is 1. The Labute approximate surface area is 143 Å². The minimum Gasteiger partial charge on any atom is -0.329 e. The second-order valence-corrected chi connectivity index (χ2v) is 7.18. The zero-order chi connectivity index (χ0) is 17.2. The number of aryl methyl sites for hydroxylation is 1. The highest BCUT2D eigenvalue weighted by atomic mass is 35.5. The molecule has 0 aliphatic rings. The summed E-state index contributed by atoms with van der Waals surface area (Å²) in [5.41, 5.74) is 3.30. The number of halogens is 1. The first kappa shape index (κ1) is 17.5. The SMILES string of the molecule is CCc1c(Cl)c[n+](C)n1C(=O)NCc1ccc(C(C)(C)C)cc1. The van der Waals surface area contributed by atoms with Gasteiger partial charge in [0.15, 0.2) is 7.05 Å². The normalized spacial score (nSPS) is 11.6. The van der Waals surface area contributed by atoms with Gasteiger partial charge >= 0.3 is 6.03 Å². The molecule has 1 amide bonds. The van der Waals surface area contributed by atoms with Crippen LogP contribution in [0.15, 0.2) is 30.5 Å². The Bertz CT molecular complexity index is 696. The number of nitrogens with zero attached hydrogens (tertiary/aromatic N) is 2. The van der Waals surface area contributed by atoms with Gasteiger partial charge in [0.05, 0.1) is 0 Å². The number of hydrogen-bond acceptors (Lipinski definition) is 1. The zero-order valence-electron chi connectivity index (χ0n) is 14.5. The smallest absolute Gasteiger partial charge is 0.329 e.